The number of halogens is 1. The standard InChI is InChI=1S/C13H20ClN3O2S/c1-8(12(19)17-13(2,3)4)15-10(18)5-11-16-9(6-14)7-20-11/h7-8H,5-6H2,1-4H3,(H,15,18)(H,17,19). The number of amides is 2. The lowest BCUT2D eigenvalue weighted by atomic mass is 10.1. The highest BCUT2D eigenvalue weighted by molar-refractivity contribution is 7.09. The fraction of sp³-hybridized carbons (Fsp3) is 0.615. The molecule has 0 saturated carbocycles. The average molecular weight is 318 g/mol. The molecule has 0 spiro atoms. The highest BCUT2D eigenvalue weighted by Crippen LogP contribution is 2.12. The van der Waals surface area contributed by atoms with Crippen molar-refractivity contribution in [1.82, 2.24) is 15.6 Å². The second-order valence-corrected chi connectivity index (χ2v) is 6.78. The highest BCUT2D eigenvalue weighted by Gasteiger charge is 2.21. The largest absolute Gasteiger partial charge is 0.350 e. The van der Waals surface area contributed by atoms with Crippen molar-refractivity contribution in [3.05, 3.63) is 16.1 Å². The fourth-order valence-electron chi connectivity index (χ4n) is 1.46. The highest BCUT2D eigenvalue weighted by atomic mass is 35.5. The van der Waals surface area contributed by atoms with Crippen LogP contribution < -0.4 is 10.6 Å². The molecule has 0 radical (unpaired) electrons. The van der Waals surface area contributed by atoms with Crippen molar-refractivity contribution in [2.45, 2.75) is 51.6 Å². The summed E-state index contributed by atoms with van der Waals surface area (Å²) in [6.45, 7) is 7.33. The molecule has 1 heterocycles. The minimum Gasteiger partial charge on any atom is -0.350 e. The molecular weight excluding hydrogens is 298 g/mol. The van der Waals surface area contributed by atoms with Crippen LogP contribution in [0.5, 0.6) is 0 Å². The maximum atomic E-state index is 11.8. The lowest BCUT2D eigenvalue weighted by molar-refractivity contribution is -0.129. The van der Waals surface area contributed by atoms with Gasteiger partial charge in [-0.1, -0.05) is 0 Å². The van der Waals surface area contributed by atoms with Crippen LogP contribution >= 0.6 is 22.9 Å². The van der Waals surface area contributed by atoms with Crippen molar-refractivity contribution in [2.24, 2.45) is 0 Å². The van der Waals surface area contributed by atoms with Gasteiger partial charge in [0.15, 0.2) is 0 Å². The Labute approximate surface area is 128 Å². The van der Waals surface area contributed by atoms with Gasteiger partial charge in [0.1, 0.15) is 11.0 Å². The molecule has 1 aromatic rings. The third kappa shape index (κ3) is 5.88. The number of carbonyl (C=O) groups is 2. The molecule has 1 unspecified atom stereocenters. The first-order valence-corrected chi connectivity index (χ1v) is 7.73. The molecule has 1 atom stereocenters. The van der Waals surface area contributed by atoms with Gasteiger partial charge < -0.3 is 10.6 Å². The van der Waals surface area contributed by atoms with Gasteiger partial charge in [-0.2, -0.15) is 0 Å². The minimum absolute atomic E-state index is 0.161. The summed E-state index contributed by atoms with van der Waals surface area (Å²) in [5, 5.41) is 8.00. The van der Waals surface area contributed by atoms with Crippen LogP contribution in [0.4, 0.5) is 0 Å². The SMILES string of the molecule is CC(NC(=O)Cc1nc(CCl)cs1)C(=O)NC(C)(C)C. The van der Waals surface area contributed by atoms with Gasteiger partial charge in [0.25, 0.3) is 0 Å². The molecule has 0 aliphatic heterocycles. The Balaban J connectivity index is 2.47. The van der Waals surface area contributed by atoms with E-state index in [2.05, 4.69) is 15.6 Å². The number of hydrogen-bond donors (Lipinski definition) is 2. The molecule has 2 amide bonds. The third-order valence-corrected chi connectivity index (χ3v) is 3.49. The number of nitrogens with one attached hydrogen (secondary N) is 2. The summed E-state index contributed by atoms with van der Waals surface area (Å²) in [5.41, 5.74) is 0.443. The van der Waals surface area contributed by atoms with Gasteiger partial charge in [0.2, 0.25) is 11.8 Å². The topological polar surface area (TPSA) is 71.1 Å². The van der Waals surface area contributed by atoms with Gasteiger partial charge in [-0.15, -0.1) is 22.9 Å². The summed E-state index contributed by atoms with van der Waals surface area (Å²) >= 11 is 7.05. The van der Waals surface area contributed by atoms with E-state index in [1.165, 1.54) is 11.3 Å². The maximum Gasteiger partial charge on any atom is 0.242 e. The van der Waals surface area contributed by atoms with E-state index in [1.54, 1.807) is 6.92 Å². The van der Waals surface area contributed by atoms with Crippen LogP contribution in [0, 0.1) is 0 Å². The van der Waals surface area contributed by atoms with Crippen LogP contribution in [0.1, 0.15) is 38.4 Å². The quantitative estimate of drug-likeness (QED) is 0.814. The number of rotatable bonds is 5. The molecule has 0 saturated heterocycles. The van der Waals surface area contributed by atoms with Crippen molar-refractivity contribution < 1.29 is 9.59 Å². The number of thiazole rings is 1. The Bertz CT molecular complexity index is 482. The molecule has 0 bridgehead atoms. The van der Waals surface area contributed by atoms with E-state index in [0.29, 0.717) is 10.9 Å². The summed E-state index contributed by atoms with van der Waals surface area (Å²) in [4.78, 5) is 27.9. The van der Waals surface area contributed by atoms with Gasteiger partial charge in [0.05, 0.1) is 18.0 Å². The predicted octanol–water partition coefficient (Wildman–Crippen LogP) is 1.84. The van der Waals surface area contributed by atoms with Crippen LogP contribution in [0.25, 0.3) is 0 Å². The van der Waals surface area contributed by atoms with E-state index in [-0.39, 0.29) is 23.8 Å². The van der Waals surface area contributed by atoms with Crippen LogP contribution in [-0.4, -0.2) is 28.4 Å². The molecule has 20 heavy (non-hydrogen) atoms. The Morgan fingerprint density at radius 1 is 1.45 bits per heavy atom. The van der Waals surface area contributed by atoms with E-state index in [1.807, 2.05) is 26.2 Å². The van der Waals surface area contributed by atoms with E-state index in [4.69, 9.17) is 11.6 Å². The van der Waals surface area contributed by atoms with E-state index >= 15 is 0 Å². The lowest BCUT2D eigenvalue weighted by Gasteiger charge is -2.23. The zero-order valence-corrected chi connectivity index (χ0v) is 13.7. The van der Waals surface area contributed by atoms with Gasteiger partial charge in [0, 0.05) is 10.9 Å². The number of alkyl halides is 1. The summed E-state index contributed by atoms with van der Waals surface area (Å²) in [5.74, 6) is -0.0915. The van der Waals surface area contributed by atoms with Crippen LogP contribution in [0.15, 0.2) is 5.38 Å². The van der Waals surface area contributed by atoms with E-state index < -0.39 is 6.04 Å². The lowest BCUT2D eigenvalue weighted by Crippen LogP contribution is -2.51. The first-order chi connectivity index (χ1) is 9.21. The predicted molar refractivity (Wildman–Crippen MR) is 80.9 cm³/mol. The van der Waals surface area contributed by atoms with Crippen LogP contribution in [-0.2, 0) is 21.9 Å². The number of hydrogen-bond acceptors (Lipinski definition) is 4. The molecule has 5 nitrogen and oxygen atoms in total. The monoisotopic (exact) mass is 317 g/mol. The van der Waals surface area contributed by atoms with Crippen molar-refractivity contribution in [3.8, 4) is 0 Å². The van der Waals surface area contributed by atoms with Crippen LogP contribution in [0.2, 0.25) is 0 Å². The number of nitrogens with zero attached hydrogens (tertiary/aromatic N) is 1. The molecule has 1 rings (SSSR count). The number of aromatic nitrogens is 1. The maximum absolute atomic E-state index is 11.8. The molecule has 1 aromatic heterocycles. The van der Waals surface area contributed by atoms with E-state index in [0.717, 1.165) is 5.69 Å². The van der Waals surface area contributed by atoms with Crippen molar-refractivity contribution >= 4 is 34.8 Å². The summed E-state index contributed by atoms with van der Waals surface area (Å²) in [6.07, 6.45) is 0.161. The van der Waals surface area contributed by atoms with E-state index in [9.17, 15) is 9.59 Å². The molecule has 112 valence electrons. The molecule has 0 aromatic carbocycles. The second kappa shape index (κ2) is 7.04. The Kier molecular flexibility index (Phi) is 5.95. The van der Waals surface area contributed by atoms with Gasteiger partial charge >= 0.3 is 0 Å². The summed E-state index contributed by atoms with van der Waals surface area (Å²) < 4.78 is 0. The van der Waals surface area contributed by atoms with Crippen molar-refractivity contribution in [1.29, 1.82) is 0 Å². The minimum atomic E-state index is -0.575. The zero-order chi connectivity index (χ0) is 15.3. The smallest absolute Gasteiger partial charge is 0.242 e. The molecular formula is C13H20ClN3O2S. The first kappa shape index (κ1) is 16.9. The number of carbonyl (C=O) groups excluding carboxylic acids is 2. The average Bonchev–Trinajstić information content (AvgIpc) is 2.74. The van der Waals surface area contributed by atoms with Crippen molar-refractivity contribution in [3.63, 3.8) is 0 Å². The molecule has 0 aliphatic carbocycles. The molecule has 2 N–H and O–H groups in total. The molecule has 0 fully saturated rings. The summed E-state index contributed by atoms with van der Waals surface area (Å²) in [6, 6.07) is -0.575. The molecule has 0 aliphatic rings. The normalized spacial score (nSPS) is 12.8. The molecule has 7 heteroatoms. The third-order valence-electron chi connectivity index (χ3n) is 2.32. The van der Waals surface area contributed by atoms with Crippen LogP contribution in [0.3, 0.4) is 0 Å². The fourth-order valence-corrected chi connectivity index (χ4v) is 2.49. The summed E-state index contributed by atoms with van der Waals surface area (Å²) in [7, 11) is 0. The Hall–Kier alpha value is -1.14. The first-order valence-electron chi connectivity index (χ1n) is 6.32. The van der Waals surface area contributed by atoms with Gasteiger partial charge in [-0.05, 0) is 27.7 Å². The Morgan fingerprint density at radius 3 is 2.60 bits per heavy atom. The van der Waals surface area contributed by atoms with Crippen molar-refractivity contribution in [2.75, 3.05) is 0 Å². The van der Waals surface area contributed by atoms with Gasteiger partial charge in [-0.25, -0.2) is 4.98 Å². The second-order valence-electron chi connectivity index (χ2n) is 5.57. The van der Waals surface area contributed by atoms with Gasteiger partial charge in [-0.3, -0.25) is 9.59 Å². The Morgan fingerprint density at radius 2 is 2.10 bits per heavy atom. The zero-order valence-electron chi connectivity index (χ0n) is 12.1.